The van der Waals surface area contributed by atoms with Crippen molar-refractivity contribution in [1.29, 1.82) is 0 Å². The van der Waals surface area contributed by atoms with Crippen LogP contribution < -0.4 is 10.6 Å². The molecule has 1 saturated heterocycles. The lowest BCUT2D eigenvalue weighted by Gasteiger charge is -2.31. The summed E-state index contributed by atoms with van der Waals surface area (Å²) >= 11 is 6.21. The number of hydrogen-bond donors (Lipinski definition) is 2. The van der Waals surface area contributed by atoms with E-state index in [1.54, 1.807) is 17.1 Å². The number of carbonyl (C=O) groups is 2. The molecule has 4 rings (SSSR count). The number of benzene rings is 2. The van der Waals surface area contributed by atoms with E-state index >= 15 is 0 Å². The van der Waals surface area contributed by atoms with Crippen molar-refractivity contribution in [3.63, 3.8) is 0 Å². The molecule has 8 heteroatoms. The van der Waals surface area contributed by atoms with Crippen LogP contribution in [0.2, 0.25) is 5.02 Å². The molecular formula is C24H26ClN5O2. The number of para-hydroxylation sites is 1. The number of nitrogens with zero attached hydrogens (tertiary/aromatic N) is 3. The fraction of sp³-hybridized carbons (Fsp3) is 0.292. The molecule has 2 heterocycles. The highest BCUT2D eigenvalue weighted by Gasteiger charge is 2.23. The molecule has 2 aromatic carbocycles. The van der Waals surface area contributed by atoms with E-state index in [1.165, 1.54) is 0 Å². The summed E-state index contributed by atoms with van der Waals surface area (Å²) in [5, 5.41) is 11.0. The van der Waals surface area contributed by atoms with Crippen LogP contribution in [-0.2, 0) is 11.3 Å². The average molecular weight is 452 g/mol. The van der Waals surface area contributed by atoms with Crippen molar-refractivity contribution >= 4 is 29.1 Å². The first-order valence-corrected chi connectivity index (χ1v) is 11.1. The molecule has 0 radical (unpaired) electrons. The van der Waals surface area contributed by atoms with Gasteiger partial charge in [-0.2, -0.15) is 5.10 Å². The van der Waals surface area contributed by atoms with Crippen LogP contribution in [0.1, 0.15) is 28.8 Å². The number of carbonyl (C=O) groups excluding carboxylic acids is 2. The first-order valence-electron chi connectivity index (χ1n) is 10.7. The zero-order valence-electron chi connectivity index (χ0n) is 17.7. The van der Waals surface area contributed by atoms with Crippen molar-refractivity contribution in [3.8, 4) is 0 Å². The van der Waals surface area contributed by atoms with Crippen molar-refractivity contribution in [2.75, 3.05) is 25.0 Å². The summed E-state index contributed by atoms with van der Waals surface area (Å²) in [6, 6.07) is 17.1. The van der Waals surface area contributed by atoms with Crippen LogP contribution in [-0.4, -0.2) is 52.2 Å². The highest BCUT2D eigenvalue weighted by molar-refractivity contribution is 6.31. The van der Waals surface area contributed by atoms with Crippen LogP contribution in [0.15, 0.2) is 67.0 Å². The molecule has 0 spiro atoms. The summed E-state index contributed by atoms with van der Waals surface area (Å²) in [5.41, 5.74) is 2.28. The molecule has 1 aliphatic heterocycles. The maximum Gasteiger partial charge on any atom is 0.254 e. The molecule has 1 aromatic heterocycles. The number of rotatable bonds is 7. The van der Waals surface area contributed by atoms with E-state index in [0.29, 0.717) is 23.7 Å². The Labute approximate surface area is 192 Å². The molecule has 166 valence electrons. The first kappa shape index (κ1) is 22.0. The molecule has 32 heavy (non-hydrogen) atoms. The third-order valence-electron chi connectivity index (χ3n) is 5.53. The van der Waals surface area contributed by atoms with Crippen LogP contribution >= 0.6 is 11.6 Å². The monoisotopic (exact) mass is 451 g/mol. The standard InChI is InChI=1S/C24H26ClN5O2/c25-22-9-5-4-6-18(22)15-30-16-19(14-26-30)24(32)28-21-10-12-29(13-11-21)17-23(31)27-20-7-2-1-3-8-20/h1-9,14,16,21H,10-13,15,17H2,(H,27,31)(H,28,32). The second-order valence-electron chi connectivity index (χ2n) is 7.96. The van der Waals surface area contributed by atoms with Crippen LogP contribution in [0, 0.1) is 0 Å². The van der Waals surface area contributed by atoms with E-state index in [-0.39, 0.29) is 17.9 Å². The molecule has 0 bridgehead atoms. The quantitative estimate of drug-likeness (QED) is 0.577. The van der Waals surface area contributed by atoms with Crippen molar-refractivity contribution in [3.05, 3.63) is 83.1 Å². The number of aromatic nitrogens is 2. The second-order valence-corrected chi connectivity index (χ2v) is 8.36. The summed E-state index contributed by atoms with van der Waals surface area (Å²) in [6.07, 6.45) is 4.92. The van der Waals surface area contributed by atoms with Gasteiger partial charge in [-0.15, -0.1) is 0 Å². The maximum absolute atomic E-state index is 12.6. The van der Waals surface area contributed by atoms with Gasteiger partial charge in [-0.1, -0.05) is 48.0 Å². The Balaban J connectivity index is 1.22. The Morgan fingerprint density at radius 1 is 1.03 bits per heavy atom. The molecule has 0 saturated carbocycles. The van der Waals surface area contributed by atoms with Gasteiger partial charge in [-0.3, -0.25) is 19.2 Å². The lowest BCUT2D eigenvalue weighted by molar-refractivity contribution is -0.117. The predicted molar refractivity (Wildman–Crippen MR) is 125 cm³/mol. The summed E-state index contributed by atoms with van der Waals surface area (Å²) in [5.74, 6) is -0.153. The molecule has 1 aliphatic rings. The van der Waals surface area contributed by atoms with Gasteiger partial charge in [0.1, 0.15) is 0 Å². The Morgan fingerprint density at radius 3 is 2.50 bits per heavy atom. The van der Waals surface area contributed by atoms with Crippen LogP contribution in [0.25, 0.3) is 0 Å². The highest BCUT2D eigenvalue weighted by atomic mass is 35.5. The summed E-state index contributed by atoms with van der Waals surface area (Å²) < 4.78 is 1.71. The van der Waals surface area contributed by atoms with E-state index in [2.05, 4.69) is 20.6 Å². The van der Waals surface area contributed by atoms with Crippen LogP contribution in [0.3, 0.4) is 0 Å². The minimum absolute atomic E-state index is 0.0235. The molecule has 3 aromatic rings. The number of nitrogens with one attached hydrogen (secondary N) is 2. The predicted octanol–water partition coefficient (Wildman–Crippen LogP) is 3.42. The van der Waals surface area contributed by atoms with Crippen LogP contribution in [0.5, 0.6) is 0 Å². The van der Waals surface area contributed by atoms with E-state index < -0.39 is 0 Å². The molecule has 1 fully saturated rings. The van der Waals surface area contributed by atoms with Gasteiger partial charge < -0.3 is 10.6 Å². The largest absolute Gasteiger partial charge is 0.349 e. The lowest BCUT2D eigenvalue weighted by atomic mass is 10.0. The van der Waals surface area contributed by atoms with Crippen molar-refractivity contribution in [2.45, 2.75) is 25.4 Å². The Bertz CT molecular complexity index is 1060. The van der Waals surface area contributed by atoms with Gasteiger partial charge in [0.15, 0.2) is 0 Å². The normalized spacial score (nSPS) is 14.8. The fourth-order valence-corrected chi connectivity index (χ4v) is 3.99. The molecular weight excluding hydrogens is 426 g/mol. The fourth-order valence-electron chi connectivity index (χ4n) is 3.80. The van der Waals surface area contributed by atoms with E-state index in [1.807, 2.05) is 54.6 Å². The smallest absolute Gasteiger partial charge is 0.254 e. The lowest BCUT2D eigenvalue weighted by Crippen LogP contribution is -2.46. The Morgan fingerprint density at radius 2 is 1.75 bits per heavy atom. The zero-order valence-corrected chi connectivity index (χ0v) is 18.5. The molecule has 0 aliphatic carbocycles. The topological polar surface area (TPSA) is 79.3 Å². The van der Waals surface area contributed by atoms with Gasteiger partial charge in [0.05, 0.1) is 24.8 Å². The van der Waals surface area contributed by atoms with E-state index in [4.69, 9.17) is 11.6 Å². The van der Waals surface area contributed by atoms with Crippen molar-refractivity contribution in [2.24, 2.45) is 0 Å². The molecule has 0 atom stereocenters. The molecule has 0 unspecified atom stereocenters. The zero-order chi connectivity index (χ0) is 22.3. The first-order chi connectivity index (χ1) is 15.6. The third kappa shape index (κ3) is 5.96. The molecule has 2 amide bonds. The van der Waals surface area contributed by atoms with E-state index in [9.17, 15) is 9.59 Å². The number of amides is 2. The van der Waals surface area contributed by atoms with Crippen molar-refractivity contribution < 1.29 is 9.59 Å². The third-order valence-corrected chi connectivity index (χ3v) is 5.90. The number of anilines is 1. The summed E-state index contributed by atoms with van der Waals surface area (Å²) in [4.78, 5) is 27.0. The van der Waals surface area contributed by atoms with Gasteiger partial charge in [0.2, 0.25) is 5.91 Å². The Kier molecular flexibility index (Phi) is 7.19. The number of halogens is 1. The van der Waals surface area contributed by atoms with Gasteiger partial charge in [-0.05, 0) is 36.6 Å². The van der Waals surface area contributed by atoms with Crippen molar-refractivity contribution in [1.82, 2.24) is 20.0 Å². The van der Waals surface area contributed by atoms with Gasteiger partial charge in [-0.25, -0.2) is 0 Å². The Hall–Kier alpha value is -3.16. The van der Waals surface area contributed by atoms with E-state index in [0.717, 1.165) is 37.2 Å². The minimum Gasteiger partial charge on any atom is -0.349 e. The maximum atomic E-state index is 12.6. The molecule has 2 N–H and O–H groups in total. The van der Waals surface area contributed by atoms with Gasteiger partial charge in [0, 0.05) is 36.0 Å². The molecule has 7 nitrogen and oxygen atoms in total. The second kappa shape index (κ2) is 10.4. The number of piperidine rings is 1. The summed E-state index contributed by atoms with van der Waals surface area (Å²) in [7, 11) is 0. The minimum atomic E-state index is -0.129. The number of likely N-dealkylation sites (tertiary alicyclic amines) is 1. The number of hydrogen-bond acceptors (Lipinski definition) is 4. The van der Waals surface area contributed by atoms with Gasteiger partial charge in [0.25, 0.3) is 5.91 Å². The van der Waals surface area contributed by atoms with Gasteiger partial charge >= 0.3 is 0 Å². The highest BCUT2D eigenvalue weighted by Crippen LogP contribution is 2.16. The SMILES string of the molecule is O=C(CN1CCC(NC(=O)c2cnn(Cc3ccccc3Cl)c2)CC1)Nc1ccccc1. The van der Waals surface area contributed by atoms with Crippen LogP contribution in [0.4, 0.5) is 5.69 Å². The average Bonchev–Trinajstić information content (AvgIpc) is 3.26. The summed E-state index contributed by atoms with van der Waals surface area (Å²) in [6.45, 7) is 2.39.